The highest BCUT2D eigenvalue weighted by Crippen LogP contribution is 2.15. The quantitative estimate of drug-likeness (QED) is 0.660. The van der Waals surface area contributed by atoms with Gasteiger partial charge in [-0.2, -0.15) is 0 Å². The minimum Gasteiger partial charge on any atom is -0.391 e. The van der Waals surface area contributed by atoms with E-state index in [-0.39, 0.29) is 6.61 Å². The molecule has 1 aromatic heterocycles. The Morgan fingerprint density at radius 2 is 2.44 bits per heavy atom. The summed E-state index contributed by atoms with van der Waals surface area (Å²) in [7, 11) is 0. The predicted molar refractivity (Wildman–Crippen MR) is 39.8 cm³/mol. The van der Waals surface area contributed by atoms with Crippen molar-refractivity contribution in [1.82, 2.24) is 0 Å². The van der Waals surface area contributed by atoms with Crippen molar-refractivity contribution in [3.8, 4) is 0 Å². The number of rotatable bonds is 2. The van der Waals surface area contributed by atoms with Crippen molar-refractivity contribution < 1.29 is 5.11 Å². The number of aliphatic hydroxyl groups excluding tert-OH is 1. The molecule has 0 saturated heterocycles. The predicted octanol–water partition coefficient (Wildman–Crippen LogP) is 1.98. The number of hydrogen-bond acceptors (Lipinski definition) is 2. The Balaban J connectivity index is 2.74. The molecule has 0 aromatic carbocycles. The van der Waals surface area contributed by atoms with Gasteiger partial charge >= 0.3 is 0 Å². The number of thiophene rings is 1. The van der Waals surface area contributed by atoms with Crippen LogP contribution in [0.3, 0.4) is 0 Å². The summed E-state index contributed by atoms with van der Waals surface area (Å²) in [5.41, 5.74) is 1.09. The number of halogens is 1. The molecule has 0 fully saturated rings. The van der Waals surface area contributed by atoms with Crippen LogP contribution in [-0.4, -0.2) is 5.11 Å². The molecule has 0 spiro atoms. The summed E-state index contributed by atoms with van der Waals surface area (Å²) in [5, 5.41) is 10.6. The molecule has 50 valence electrons. The lowest BCUT2D eigenvalue weighted by molar-refractivity contribution is 0.285. The van der Waals surface area contributed by atoms with E-state index in [0.29, 0.717) is 5.88 Å². The van der Waals surface area contributed by atoms with E-state index in [1.807, 2.05) is 11.4 Å². The van der Waals surface area contributed by atoms with Gasteiger partial charge in [0.1, 0.15) is 0 Å². The van der Waals surface area contributed by atoms with E-state index < -0.39 is 0 Å². The van der Waals surface area contributed by atoms with Crippen molar-refractivity contribution in [1.29, 1.82) is 0 Å². The molecule has 9 heavy (non-hydrogen) atoms. The smallest absolute Gasteiger partial charge is 0.0774 e. The number of hydrogen-bond donors (Lipinski definition) is 1. The Hall–Kier alpha value is -0.0500. The topological polar surface area (TPSA) is 20.2 Å². The summed E-state index contributed by atoms with van der Waals surface area (Å²) >= 11 is 7.06. The molecule has 0 aliphatic rings. The van der Waals surface area contributed by atoms with Crippen LogP contribution in [0.25, 0.3) is 0 Å². The molecule has 0 amide bonds. The van der Waals surface area contributed by atoms with E-state index in [9.17, 15) is 0 Å². The summed E-state index contributed by atoms with van der Waals surface area (Å²) < 4.78 is 0. The van der Waals surface area contributed by atoms with Crippen molar-refractivity contribution in [2.24, 2.45) is 0 Å². The SMILES string of the molecule is OCc1cc(CCl)cs1. The highest BCUT2D eigenvalue weighted by atomic mass is 35.5. The zero-order valence-corrected chi connectivity index (χ0v) is 6.37. The first-order valence-electron chi connectivity index (χ1n) is 2.60. The molecule has 0 atom stereocenters. The fraction of sp³-hybridized carbons (Fsp3) is 0.333. The maximum Gasteiger partial charge on any atom is 0.0774 e. The first-order valence-corrected chi connectivity index (χ1v) is 4.01. The van der Waals surface area contributed by atoms with Crippen LogP contribution in [0.1, 0.15) is 10.4 Å². The molecule has 0 radical (unpaired) electrons. The fourth-order valence-electron chi connectivity index (χ4n) is 0.579. The van der Waals surface area contributed by atoms with E-state index in [0.717, 1.165) is 10.4 Å². The minimum atomic E-state index is 0.127. The molecule has 0 aliphatic heterocycles. The minimum absolute atomic E-state index is 0.127. The standard InChI is InChI=1S/C6H7ClOS/c7-2-5-1-6(3-8)9-4-5/h1,4,8H,2-3H2. The molecular formula is C6H7ClOS. The van der Waals surface area contributed by atoms with E-state index in [4.69, 9.17) is 16.7 Å². The van der Waals surface area contributed by atoms with Crippen LogP contribution in [0.15, 0.2) is 11.4 Å². The lowest BCUT2D eigenvalue weighted by atomic mass is 10.3. The summed E-state index contributed by atoms with van der Waals surface area (Å²) in [6.45, 7) is 0.127. The zero-order valence-electron chi connectivity index (χ0n) is 4.80. The van der Waals surface area contributed by atoms with Gasteiger partial charge < -0.3 is 5.11 Å². The Kier molecular flexibility index (Phi) is 2.51. The third-order valence-electron chi connectivity index (χ3n) is 1.02. The van der Waals surface area contributed by atoms with Crippen LogP contribution in [0.4, 0.5) is 0 Å². The van der Waals surface area contributed by atoms with Crippen molar-refractivity contribution in [3.05, 3.63) is 21.9 Å². The molecule has 1 rings (SSSR count). The van der Waals surface area contributed by atoms with Crippen LogP contribution < -0.4 is 0 Å². The van der Waals surface area contributed by atoms with E-state index in [1.165, 1.54) is 11.3 Å². The molecule has 1 aromatic rings. The van der Waals surface area contributed by atoms with Crippen molar-refractivity contribution in [2.75, 3.05) is 0 Å². The average Bonchev–Trinajstić information content (AvgIpc) is 2.34. The highest BCUT2D eigenvalue weighted by molar-refractivity contribution is 7.10. The van der Waals surface area contributed by atoms with E-state index in [2.05, 4.69) is 0 Å². The molecule has 0 bridgehead atoms. The van der Waals surface area contributed by atoms with E-state index in [1.54, 1.807) is 0 Å². The third kappa shape index (κ3) is 1.68. The normalized spacial score (nSPS) is 10.0. The Bertz CT molecular complexity index is 166. The second kappa shape index (κ2) is 3.20. The highest BCUT2D eigenvalue weighted by Gasteiger charge is 1.94. The summed E-state index contributed by atoms with van der Waals surface area (Å²) in [5.74, 6) is 0.538. The van der Waals surface area contributed by atoms with Gasteiger partial charge in [0.2, 0.25) is 0 Å². The molecular weight excluding hydrogens is 156 g/mol. The van der Waals surface area contributed by atoms with Crippen LogP contribution in [0, 0.1) is 0 Å². The third-order valence-corrected chi connectivity index (χ3v) is 2.30. The first-order chi connectivity index (χ1) is 4.36. The number of aliphatic hydroxyl groups is 1. The largest absolute Gasteiger partial charge is 0.391 e. The molecule has 0 aliphatic carbocycles. The monoisotopic (exact) mass is 162 g/mol. The van der Waals surface area contributed by atoms with Crippen LogP contribution in [0.2, 0.25) is 0 Å². The van der Waals surface area contributed by atoms with Gasteiger partial charge in [0, 0.05) is 10.8 Å². The van der Waals surface area contributed by atoms with Gasteiger partial charge in [0.05, 0.1) is 6.61 Å². The summed E-state index contributed by atoms with van der Waals surface area (Å²) in [4.78, 5) is 0.977. The van der Waals surface area contributed by atoms with Gasteiger partial charge in [-0.15, -0.1) is 22.9 Å². The summed E-state index contributed by atoms with van der Waals surface area (Å²) in [6, 6.07) is 1.91. The van der Waals surface area contributed by atoms with Gasteiger partial charge in [0.15, 0.2) is 0 Å². The molecule has 0 saturated carbocycles. The lowest BCUT2D eigenvalue weighted by Gasteiger charge is -1.82. The van der Waals surface area contributed by atoms with Gasteiger partial charge in [0.25, 0.3) is 0 Å². The maximum absolute atomic E-state index is 8.61. The van der Waals surface area contributed by atoms with Crippen molar-refractivity contribution >= 4 is 22.9 Å². The van der Waals surface area contributed by atoms with Gasteiger partial charge in [-0.05, 0) is 17.0 Å². The van der Waals surface area contributed by atoms with Crippen LogP contribution in [-0.2, 0) is 12.5 Å². The molecule has 0 unspecified atom stereocenters. The Morgan fingerprint density at radius 3 is 2.78 bits per heavy atom. The van der Waals surface area contributed by atoms with Gasteiger partial charge in [-0.1, -0.05) is 0 Å². The number of alkyl halides is 1. The Morgan fingerprint density at radius 1 is 1.67 bits per heavy atom. The van der Waals surface area contributed by atoms with Crippen molar-refractivity contribution in [2.45, 2.75) is 12.5 Å². The van der Waals surface area contributed by atoms with Gasteiger partial charge in [-0.25, -0.2) is 0 Å². The second-order valence-electron chi connectivity index (χ2n) is 1.71. The molecule has 1 nitrogen and oxygen atoms in total. The zero-order chi connectivity index (χ0) is 6.69. The molecule has 1 N–H and O–H groups in total. The molecule has 1 heterocycles. The van der Waals surface area contributed by atoms with Crippen molar-refractivity contribution in [3.63, 3.8) is 0 Å². The second-order valence-corrected chi connectivity index (χ2v) is 2.98. The molecule has 3 heteroatoms. The maximum atomic E-state index is 8.61. The Labute approximate surface area is 62.9 Å². The lowest BCUT2D eigenvalue weighted by Crippen LogP contribution is -1.72. The van der Waals surface area contributed by atoms with Gasteiger partial charge in [-0.3, -0.25) is 0 Å². The average molecular weight is 163 g/mol. The van der Waals surface area contributed by atoms with Crippen LogP contribution >= 0.6 is 22.9 Å². The van der Waals surface area contributed by atoms with Crippen LogP contribution in [0.5, 0.6) is 0 Å². The van der Waals surface area contributed by atoms with E-state index >= 15 is 0 Å². The summed E-state index contributed by atoms with van der Waals surface area (Å²) in [6.07, 6.45) is 0. The fourth-order valence-corrected chi connectivity index (χ4v) is 1.57. The first kappa shape index (κ1) is 7.06.